The van der Waals surface area contributed by atoms with Gasteiger partial charge in [0.2, 0.25) is 0 Å². The van der Waals surface area contributed by atoms with Crippen LogP contribution in [0.15, 0.2) is 30.3 Å². The summed E-state index contributed by atoms with van der Waals surface area (Å²) in [6.45, 7) is 5.72. The molecule has 2 rings (SSSR count). The highest BCUT2D eigenvalue weighted by Gasteiger charge is 2.32. The molecule has 0 unspecified atom stereocenters. The molecule has 0 spiro atoms. The highest BCUT2D eigenvalue weighted by atomic mass is 16.5. The standard InChI is InChI=1S/C18H29NO3/c1-14(2)21-13-7-12-19-16-10-6-11-17(18(16)20)22-15-8-4-3-5-9-15/h3-5,8-9,14,16-20H,6-7,10-13H2,1-2H3/t16-,17+,18+/m0/s1. The fraction of sp³-hybridized carbons (Fsp3) is 0.667. The van der Waals surface area contributed by atoms with Gasteiger partial charge in [-0.3, -0.25) is 0 Å². The van der Waals surface area contributed by atoms with Gasteiger partial charge in [0.15, 0.2) is 0 Å². The van der Waals surface area contributed by atoms with Crippen LogP contribution < -0.4 is 10.1 Å². The largest absolute Gasteiger partial charge is 0.488 e. The lowest BCUT2D eigenvalue weighted by atomic mass is 9.89. The molecule has 1 aliphatic rings. The van der Waals surface area contributed by atoms with E-state index in [1.54, 1.807) is 0 Å². The summed E-state index contributed by atoms with van der Waals surface area (Å²) < 4.78 is 11.5. The van der Waals surface area contributed by atoms with Gasteiger partial charge in [-0.1, -0.05) is 18.2 Å². The zero-order chi connectivity index (χ0) is 15.8. The molecule has 4 heteroatoms. The normalized spacial score (nSPS) is 25.4. The van der Waals surface area contributed by atoms with E-state index >= 15 is 0 Å². The first-order chi connectivity index (χ1) is 10.7. The quantitative estimate of drug-likeness (QED) is 0.725. The summed E-state index contributed by atoms with van der Waals surface area (Å²) in [7, 11) is 0. The van der Waals surface area contributed by atoms with Gasteiger partial charge < -0.3 is 19.9 Å². The molecule has 22 heavy (non-hydrogen) atoms. The molecule has 1 aromatic carbocycles. The third kappa shape index (κ3) is 5.59. The zero-order valence-corrected chi connectivity index (χ0v) is 13.7. The van der Waals surface area contributed by atoms with Gasteiger partial charge >= 0.3 is 0 Å². The summed E-state index contributed by atoms with van der Waals surface area (Å²) in [5, 5.41) is 14.0. The number of hydrogen-bond acceptors (Lipinski definition) is 4. The van der Waals surface area contributed by atoms with Crippen molar-refractivity contribution in [3.63, 3.8) is 0 Å². The van der Waals surface area contributed by atoms with E-state index in [-0.39, 0.29) is 18.2 Å². The van der Waals surface area contributed by atoms with Gasteiger partial charge in [-0.15, -0.1) is 0 Å². The third-order valence-electron chi connectivity index (χ3n) is 4.01. The smallest absolute Gasteiger partial charge is 0.126 e. The summed E-state index contributed by atoms with van der Waals surface area (Å²) in [6.07, 6.45) is 3.65. The number of aliphatic hydroxyl groups excluding tert-OH is 1. The summed E-state index contributed by atoms with van der Waals surface area (Å²) >= 11 is 0. The predicted octanol–water partition coefficient (Wildman–Crippen LogP) is 2.75. The molecule has 3 atom stereocenters. The SMILES string of the molecule is CC(C)OCCCN[C@H]1CCC[C@@H](Oc2ccccc2)[C@@H]1O. The monoisotopic (exact) mass is 307 g/mol. The van der Waals surface area contributed by atoms with Crippen molar-refractivity contribution in [2.45, 2.75) is 63.9 Å². The fourth-order valence-electron chi connectivity index (χ4n) is 2.84. The number of benzene rings is 1. The molecular formula is C18H29NO3. The molecule has 0 radical (unpaired) electrons. The Morgan fingerprint density at radius 1 is 1.23 bits per heavy atom. The maximum absolute atomic E-state index is 10.5. The van der Waals surface area contributed by atoms with Crippen molar-refractivity contribution in [1.29, 1.82) is 0 Å². The third-order valence-corrected chi connectivity index (χ3v) is 4.01. The minimum Gasteiger partial charge on any atom is -0.488 e. The maximum Gasteiger partial charge on any atom is 0.126 e. The van der Waals surface area contributed by atoms with Crippen LogP contribution in [-0.4, -0.2) is 42.6 Å². The number of para-hydroxylation sites is 1. The molecule has 0 heterocycles. The summed E-state index contributed by atoms with van der Waals surface area (Å²) in [4.78, 5) is 0. The number of rotatable bonds is 8. The molecule has 2 N–H and O–H groups in total. The Labute approximate surface area is 133 Å². The molecule has 1 aromatic rings. The topological polar surface area (TPSA) is 50.7 Å². The minimum absolute atomic E-state index is 0.113. The Hall–Kier alpha value is -1.10. The molecule has 0 amide bonds. The van der Waals surface area contributed by atoms with Crippen molar-refractivity contribution < 1.29 is 14.6 Å². The fourth-order valence-corrected chi connectivity index (χ4v) is 2.84. The maximum atomic E-state index is 10.5. The molecule has 1 aliphatic carbocycles. The van der Waals surface area contributed by atoms with Crippen molar-refractivity contribution in [1.82, 2.24) is 5.32 Å². The number of hydrogen-bond donors (Lipinski definition) is 2. The van der Waals surface area contributed by atoms with E-state index in [1.165, 1.54) is 0 Å². The first-order valence-electron chi connectivity index (χ1n) is 8.41. The number of nitrogens with one attached hydrogen (secondary N) is 1. The lowest BCUT2D eigenvalue weighted by Gasteiger charge is -2.35. The van der Waals surface area contributed by atoms with E-state index in [0.717, 1.165) is 44.6 Å². The molecule has 0 saturated heterocycles. The second kappa shape index (κ2) is 9.13. The van der Waals surface area contributed by atoms with Gasteiger partial charge in [0.25, 0.3) is 0 Å². The minimum atomic E-state index is -0.458. The lowest BCUT2D eigenvalue weighted by Crippen LogP contribution is -2.51. The van der Waals surface area contributed by atoms with E-state index in [4.69, 9.17) is 9.47 Å². The highest BCUT2D eigenvalue weighted by molar-refractivity contribution is 5.21. The molecule has 1 saturated carbocycles. The average molecular weight is 307 g/mol. The van der Waals surface area contributed by atoms with Crippen molar-refractivity contribution in [3.05, 3.63) is 30.3 Å². The Morgan fingerprint density at radius 3 is 2.73 bits per heavy atom. The lowest BCUT2D eigenvalue weighted by molar-refractivity contribution is -0.0159. The summed E-state index contributed by atoms with van der Waals surface area (Å²) in [6, 6.07) is 9.86. The van der Waals surface area contributed by atoms with Crippen molar-refractivity contribution in [2.75, 3.05) is 13.2 Å². The van der Waals surface area contributed by atoms with Crippen LogP contribution in [0.25, 0.3) is 0 Å². The van der Waals surface area contributed by atoms with Crippen LogP contribution in [-0.2, 0) is 4.74 Å². The first kappa shape index (κ1) is 17.3. The van der Waals surface area contributed by atoms with Gasteiger partial charge in [-0.2, -0.15) is 0 Å². The Balaban J connectivity index is 1.73. The predicted molar refractivity (Wildman–Crippen MR) is 88.2 cm³/mol. The second-order valence-electron chi connectivity index (χ2n) is 6.22. The van der Waals surface area contributed by atoms with Crippen LogP contribution in [0.5, 0.6) is 5.75 Å². The van der Waals surface area contributed by atoms with Crippen molar-refractivity contribution in [3.8, 4) is 5.75 Å². The Morgan fingerprint density at radius 2 is 2.00 bits per heavy atom. The van der Waals surface area contributed by atoms with E-state index in [0.29, 0.717) is 0 Å². The van der Waals surface area contributed by atoms with Gasteiger partial charge in [-0.25, -0.2) is 0 Å². The van der Waals surface area contributed by atoms with Gasteiger partial charge in [0.05, 0.1) is 6.10 Å². The second-order valence-corrected chi connectivity index (χ2v) is 6.22. The number of ether oxygens (including phenoxy) is 2. The van der Waals surface area contributed by atoms with Crippen LogP contribution >= 0.6 is 0 Å². The highest BCUT2D eigenvalue weighted by Crippen LogP contribution is 2.24. The van der Waals surface area contributed by atoms with Crippen molar-refractivity contribution >= 4 is 0 Å². The molecule has 1 fully saturated rings. The summed E-state index contributed by atoms with van der Waals surface area (Å²) in [5.41, 5.74) is 0. The van der Waals surface area contributed by atoms with E-state index in [9.17, 15) is 5.11 Å². The van der Waals surface area contributed by atoms with Gasteiger partial charge in [0, 0.05) is 12.6 Å². The van der Waals surface area contributed by atoms with Gasteiger partial charge in [-0.05, 0) is 58.2 Å². The van der Waals surface area contributed by atoms with Crippen LogP contribution in [0.2, 0.25) is 0 Å². The first-order valence-corrected chi connectivity index (χ1v) is 8.41. The summed E-state index contributed by atoms with van der Waals surface area (Å²) in [5.74, 6) is 0.831. The van der Waals surface area contributed by atoms with Crippen molar-refractivity contribution in [2.24, 2.45) is 0 Å². The van der Waals surface area contributed by atoms with Crippen LogP contribution in [0.1, 0.15) is 39.5 Å². The molecule has 0 aromatic heterocycles. The van der Waals surface area contributed by atoms with Crippen LogP contribution in [0.3, 0.4) is 0 Å². The van der Waals surface area contributed by atoms with E-state index in [1.807, 2.05) is 44.2 Å². The molecular weight excluding hydrogens is 278 g/mol. The van der Waals surface area contributed by atoms with Gasteiger partial charge in [0.1, 0.15) is 18.0 Å². The molecule has 124 valence electrons. The van der Waals surface area contributed by atoms with Crippen LogP contribution in [0.4, 0.5) is 0 Å². The molecule has 4 nitrogen and oxygen atoms in total. The zero-order valence-electron chi connectivity index (χ0n) is 13.7. The Kier molecular flexibility index (Phi) is 7.16. The van der Waals surface area contributed by atoms with Crippen LogP contribution in [0, 0.1) is 0 Å². The number of aliphatic hydroxyl groups is 1. The Bertz CT molecular complexity index is 410. The molecule has 0 bridgehead atoms. The van der Waals surface area contributed by atoms with E-state index < -0.39 is 6.10 Å². The average Bonchev–Trinajstić information content (AvgIpc) is 2.51. The molecule has 0 aliphatic heterocycles. The van der Waals surface area contributed by atoms with E-state index in [2.05, 4.69) is 5.32 Å².